The van der Waals surface area contributed by atoms with E-state index >= 15 is 0 Å². The topological polar surface area (TPSA) is 227 Å². The smallest absolute Gasteiger partial charge is 0.335 e. The lowest BCUT2D eigenvalue weighted by Crippen LogP contribution is -2.61. The molecule has 2 aromatic heterocycles. The van der Waals surface area contributed by atoms with Crippen LogP contribution in [0.2, 0.25) is 5.02 Å². The molecule has 18 nitrogen and oxygen atoms in total. The molecule has 1 aromatic carbocycles. The van der Waals surface area contributed by atoms with Crippen molar-refractivity contribution in [3.05, 3.63) is 47.4 Å². The maximum absolute atomic E-state index is 13.6. The number of ether oxygens (including phenoxy) is 3. The molecule has 3 aromatic rings. The number of benzene rings is 1. The first-order valence-electron chi connectivity index (χ1n) is 17.3. The van der Waals surface area contributed by atoms with Gasteiger partial charge in [-0.2, -0.15) is 5.26 Å². The van der Waals surface area contributed by atoms with Gasteiger partial charge in [-0.3, -0.25) is 9.36 Å². The second-order valence-corrected chi connectivity index (χ2v) is 14.3. The first-order valence-corrected chi connectivity index (χ1v) is 18.1. The lowest BCUT2D eigenvalue weighted by atomic mass is 9.92. The fourth-order valence-electron chi connectivity index (χ4n) is 6.42. The number of hydrogen-bond donors (Lipinski definition) is 4. The zero-order valence-electron chi connectivity index (χ0n) is 30.6. The van der Waals surface area contributed by atoms with Gasteiger partial charge in [0.2, 0.25) is 12.2 Å². The minimum Gasteiger partial charge on any atom is -0.479 e. The van der Waals surface area contributed by atoms with Crippen molar-refractivity contribution in [3.63, 3.8) is 0 Å². The third-order valence-corrected chi connectivity index (χ3v) is 10.5. The number of nitriles is 1. The maximum atomic E-state index is 13.6. The summed E-state index contributed by atoms with van der Waals surface area (Å²) in [6.07, 6.45) is -5.20. The summed E-state index contributed by atoms with van der Waals surface area (Å²) in [4.78, 5) is 53.3. The van der Waals surface area contributed by atoms with E-state index in [9.17, 15) is 34.8 Å². The van der Waals surface area contributed by atoms with Gasteiger partial charge < -0.3 is 54.2 Å². The van der Waals surface area contributed by atoms with Crippen LogP contribution < -0.4 is 9.64 Å². The van der Waals surface area contributed by atoms with E-state index in [-0.39, 0.29) is 59.4 Å². The lowest BCUT2D eigenvalue weighted by molar-refractivity contribution is -0.271. The van der Waals surface area contributed by atoms with Crippen molar-refractivity contribution in [1.29, 1.82) is 5.26 Å². The number of carboxylic acids is 1. The SMILES string of the molecule is C[C@@H]1CCN(C(=O)CC#N)C[C@@H]1N(C)c1ncnc2c1ccn2C(=O)N(C)CCN(C)C(=S)OCc1ccc(O[C@@H]2O[C@H](C(=O)O)[C@@H](O)[C@H](O)[C@H]2O)c(Cl)c1. The third kappa shape index (κ3) is 9.18. The van der Waals surface area contributed by atoms with E-state index in [4.69, 9.17) is 43.3 Å². The molecule has 4 N–H and O–H groups in total. The highest BCUT2D eigenvalue weighted by Crippen LogP contribution is 2.32. The molecule has 2 aliphatic heterocycles. The minimum atomic E-state index is -1.86. The van der Waals surface area contributed by atoms with Gasteiger partial charge in [-0.1, -0.05) is 24.6 Å². The molecular formula is C35H43ClN8O10S. The van der Waals surface area contributed by atoms with Crippen LogP contribution in [0.25, 0.3) is 11.0 Å². The number of thiocarbonyl (C=S) groups is 1. The van der Waals surface area contributed by atoms with Gasteiger partial charge in [0.25, 0.3) is 5.17 Å². The summed E-state index contributed by atoms with van der Waals surface area (Å²) in [6.45, 7) is 3.81. The van der Waals surface area contributed by atoms with E-state index in [2.05, 4.69) is 16.9 Å². The number of likely N-dealkylation sites (tertiary alicyclic amines) is 1. The summed E-state index contributed by atoms with van der Waals surface area (Å²) in [5.74, 6) is -0.830. The van der Waals surface area contributed by atoms with Crippen LogP contribution in [0.15, 0.2) is 36.8 Å². The summed E-state index contributed by atoms with van der Waals surface area (Å²) in [6, 6.07) is 7.90. The van der Waals surface area contributed by atoms with Gasteiger partial charge in [0, 0.05) is 53.5 Å². The Hall–Kier alpha value is -4.84. The number of aromatic nitrogens is 3. The Bertz CT molecular complexity index is 1950. The van der Waals surface area contributed by atoms with E-state index in [0.717, 1.165) is 6.42 Å². The maximum Gasteiger partial charge on any atom is 0.335 e. The van der Waals surface area contributed by atoms with Gasteiger partial charge in [0.1, 0.15) is 49.2 Å². The Morgan fingerprint density at radius 2 is 1.82 bits per heavy atom. The van der Waals surface area contributed by atoms with Gasteiger partial charge in [-0.15, -0.1) is 0 Å². The largest absolute Gasteiger partial charge is 0.479 e. The van der Waals surface area contributed by atoms with Crippen molar-refractivity contribution in [1.82, 2.24) is 29.2 Å². The monoisotopic (exact) mass is 802 g/mol. The van der Waals surface area contributed by atoms with Crippen LogP contribution in [0.3, 0.4) is 0 Å². The Morgan fingerprint density at radius 3 is 2.51 bits per heavy atom. The second kappa shape index (κ2) is 17.7. The predicted molar refractivity (Wildman–Crippen MR) is 200 cm³/mol. The Balaban J connectivity index is 1.14. The highest BCUT2D eigenvalue weighted by molar-refractivity contribution is 7.80. The highest BCUT2D eigenvalue weighted by atomic mass is 35.5. The van der Waals surface area contributed by atoms with Crippen LogP contribution in [-0.4, -0.2) is 157 Å². The average Bonchev–Trinajstić information content (AvgIpc) is 3.60. The average molecular weight is 803 g/mol. The van der Waals surface area contributed by atoms with Crippen LogP contribution in [-0.2, 0) is 25.7 Å². The summed E-state index contributed by atoms with van der Waals surface area (Å²) in [5.41, 5.74) is 1.03. The van der Waals surface area contributed by atoms with E-state index in [1.54, 1.807) is 42.2 Å². The summed E-state index contributed by atoms with van der Waals surface area (Å²) < 4.78 is 17.9. The third-order valence-electron chi connectivity index (χ3n) is 9.82. The molecule has 7 atom stereocenters. The van der Waals surface area contributed by atoms with Gasteiger partial charge in [-0.05, 0) is 48.3 Å². The number of aliphatic carboxylic acids is 1. The molecule has 2 saturated heterocycles. The molecule has 2 aliphatic rings. The number of fused-ring (bicyclic) bond motifs is 1. The number of carboxylic acid groups (broad SMARTS) is 1. The number of hydrogen-bond acceptors (Lipinski definition) is 14. The first kappa shape index (κ1) is 41.3. The van der Waals surface area contributed by atoms with Crippen LogP contribution in [0.4, 0.5) is 10.6 Å². The zero-order chi connectivity index (χ0) is 40.1. The van der Waals surface area contributed by atoms with Crippen LogP contribution >= 0.6 is 23.8 Å². The number of amides is 2. The van der Waals surface area contributed by atoms with Crippen molar-refractivity contribution in [2.24, 2.45) is 5.92 Å². The normalized spacial score (nSPS) is 23.8. The summed E-state index contributed by atoms with van der Waals surface area (Å²) in [5, 5.41) is 49.3. The number of rotatable bonds is 11. The molecule has 20 heteroatoms. The molecular weight excluding hydrogens is 760 g/mol. The molecule has 2 fully saturated rings. The Morgan fingerprint density at radius 1 is 1.09 bits per heavy atom. The van der Waals surface area contributed by atoms with E-state index in [1.807, 2.05) is 18.0 Å². The molecule has 55 heavy (non-hydrogen) atoms. The number of piperidine rings is 1. The summed E-state index contributed by atoms with van der Waals surface area (Å²) in [7, 11) is 5.28. The lowest BCUT2D eigenvalue weighted by Gasteiger charge is -2.42. The molecule has 0 aliphatic carbocycles. The second-order valence-electron chi connectivity index (χ2n) is 13.5. The molecule has 0 radical (unpaired) electrons. The predicted octanol–water partition coefficient (Wildman–Crippen LogP) is 1.28. The summed E-state index contributed by atoms with van der Waals surface area (Å²) >= 11 is 11.8. The van der Waals surface area contributed by atoms with Gasteiger partial charge in [-0.25, -0.2) is 19.6 Å². The standard InChI is InChI=1S/C35H43ClN8O10S/c1-19-8-11-43(25(45)7-10-37)16-23(19)42(4)30-21-9-12-44(31(21)39-18-38-30)34(51)40(2)13-14-41(3)35(55)52-17-20-5-6-24(22(36)15-20)53-33-28(48)26(46)27(47)29(54-33)32(49)50/h5-6,9,12,15,18-19,23,26-29,33,46-48H,7-8,11,13-14,16-17H2,1-4H3,(H,49,50)/t19-,23+,26+,27+,28-,29+,33-/m1/s1. The van der Waals surface area contributed by atoms with E-state index < -0.39 is 36.7 Å². The quantitative estimate of drug-likeness (QED) is 0.200. The van der Waals surface area contributed by atoms with Crippen molar-refractivity contribution in [2.45, 2.75) is 63.1 Å². The number of aliphatic hydroxyl groups is 3. The van der Waals surface area contributed by atoms with Crippen LogP contribution in [0.5, 0.6) is 5.75 Å². The van der Waals surface area contributed by atoms with Crippen molar-refractivity contribution < 1.29 is 49.0 Å². The molecule has 2 amide bonds. The molecule has 296 valence electrons. The molecule has 0 bridgehead atoms. The highest BCUT2D eigenvalue weighted by Gasteiger charge is 2.48. The van der Waals surface area contributed by atoms with Gasteiger partial charge >= 0.3 is 12.0 Å². The van der Waals surface area contributed by atoms with Crippen molar-refractivity contribution in [3.8, 4) is 11.8 Å². The van der Waals surface area contributed by atoms with Crippen molar-refractivity contribution in [2.75, 3.05) is 52.2 Å². The number of halogens is 1. The Labute approximate surface area is 327 Å². The molecule has 0 saturated carbocycles. The number of nitrogens with zero attached hydrogens (tertiary/aromatic N) is 8. The number of carbonyl (C=O) groups is 3. The number of likely N-dealkylation sites (N-methyl/N-ethyl adjacent to an activating group) is 3. The van der Waals surface area contributed by atoms with Gasteiger partial charge in [0.15, 0.2) is 11.8 Å². The van der Waals surface area contributed by atoms with Crippen LogP contribution in [0.1, 0.15) is 25.3 Å². The molecule has 5 rings (SSSR count). The van der Waals surface area contributed by atoms with E-state index in [0.29, 0.717) is 42.0 Å². The number of anilines is 1. The van der Waals surface area contributed by atoms with Gasteiger partial charge in [0.05, 0.1) is 22.5 Å². The minimum absolute atomic E-state index is 0.0200. The first-order chi connectivity index (χ1) is 26.1. The fraction of sp³-hybridized carbons (Fsp3) is 0.514. The molecule has 0 spiro atoms. The molecule has 4 heterocycles. The number of aliphatic hydroxyl groups excluding tert-OH is 3. The zero-order valence-corrected chi connectivity index (χ0v) is 32.1. The van der Waals surface area contributed by atoms with Crippen molar-refractivity contribution >= 4 is 63.8 Å². The fourth-order valence-corrected chi connectivity index (χ4v) is 6.82. The number of carbonyl (C=O) groups excluding carboxylic acids is 2. The Kier molecular flexibility index (Phi) is 13.3. The van der Waals surface area contributed by atoms with E-state index in [1.165, 1.54) is 27.9 Å². The molecule has 0 unspecified atom stereocenters. The van der Waals surface area contributed by atoms with Crippen LogP contribution in [0, 0.1) is 17.2 Å².